The van der Waals surface area contributed by atoms with Crippen LogP contribution in [0, 0.1) is 0 Å². The van der Waals surface area contributed by atoms with E-state index in [0.717, 1.165) is 17.2 Å². The minimum atomic E-state index is -0.274. The summed E-state index contributed by atoms with van der Waals surface area (Å²) < 4.78 is 7.87. The van der Waals surface area contributed by atoms with E-state index < -0.39 is 0 Å². The number of aryl methyl sites for hydroxylation is 1. The van der Waals surface area contributed by atoms with Crippen LogP contribution in [0.2, 0.25) is 0 Å². The predicted octanol–water partition coefficient (Wildman–Crippen LogP) is 4.22. The number of hydrogen-bond donors (Lipinski definition) is 1. The van der Waals surface area contributed by atoms with Crippen LogP contribution in [0.5, 0.6) is 5.75 Å². The summed E-state index contributed by atoms with van der Waals surface area (Å²) in [5.74, 6) is 2.01. The fraction of sp³-hybridized carbons (Fsp3) is 0.450. The number of benzene rings is 1. The molecule has 0 fully saturated rings. The molecule has 2 heterocycles. The van der Waals surface area contributed by atoms with Gasteiger partial charge in [-0.3, -0.25) is 10.1 Å². The van der Waals surface area contributed by atoms with Gasteiger partial charge in [-0.05, 0) is 37.0 Å². The number of amides is 1. The van der Waals surface area contributed by atoms with Crippen LogP contribution >= 0.6 is 23.1 Å². The summed E-state index contributed by atoms with van der Waals surface area (Å²) in [7, 11) is 1.87. The Kier molecular flexibility index (Phi) is 7.43. The summed E-state index contributed by atoms with van der Waals surface area (Å²) in [6.45, 7) is 8.25. The van der Waals surface area contributed by atoms with E-state index >= 15 is 0 Å². The van der Waals surface area contributed by atoms with Gasteiger partial charge in [-0.15, -0.1) is 20.4 Å². The molecule has 8 nitrogen and oxygen atoms in total. The molecule has 160 valence electrons. The molecule has 10 heteroatoms. The summed E-state index contributed by atoms with van der Waals surface area (Å²) in [6.07, 6.45) is 0.524. The van der Waals surface area contributed by atoms with Gasteiger partial charge in [0.1, 0.15) is 10.8 Å². The van der Waals surface area contributed by atoms with Gasteiger partial charge in [0.15, 0.2) is 17.1 Å². The first-order valence-corrected chi connectivity index (χ1v) is 11.6. The minimum absolute atomic E-state index is 0.155. The highest BCUT2D eigenvalue weighted by atomic mass is 32.2. The number of hydrogen-bond acceptors (Lipinski definition) is 8. The molecule has 0 radical (unpaired) electrons. The number of nitrogens with zero attached hydrogens (tertiary/aromatic N) is 5. The highest BCUT2D eigenvalue weighted by molar-refractivity contribution is 7.99. The van der Waals surface area contributed by atoms with Crippen molar-refractivity contribution in [3.05, 3.63) is 40.7 Å². The van der Waals surface area contributed by atoms with E-state index in [-0.39, 0.29) is 17.8 Å². The molecular formula is C20H26N6O2S2. The van der Waals surface area contributed by atoms with E-state index in [9.17, 15) is 4.79 Å². The average molecular weight is 447 g/mol. The summed E-state index contributed by atoms with van der Waals surface area (Å²) >= 11 is 2.70. The summed E-state index contributed by atoms with van der Waals surface area (Å²) in [5, 5.41) is 21.2. The first-order valence-electron chi connectivity index (χ1n) is 9.78. The van der Waals surface area contributed by atoms with Gasteiger partial charge in [0.2, 0.25) is 11.0 Å². The van der Waals surface area contributed by atoms with Crippen LogP contribution < -0.4 is 10.1 Å². The maximum Gasteiger partial charge on any atom is 0.236 e. The highest BCUT2D eigenvalue weighted by Gasteiger charge is 2.18. The van der Waals surface area contributed by atoms with Crippen LogP contribution in [-0.4, -0.2) is 36.6 Å². The van der Waals surface area contributed by atoms with E-state index in [1.165, 1.54) is 28.7 Å². The van der Waals surface area contributed by atoms with Gasteiger partial charge in [0.25, 0.3) is 0 Å². The fourth-order valence-corrected chi connectivity index (χ4v) is 4.14. The molecule has 0 bridgehead atoms. The molecule has 0 aliphatic heterocycles. The third-order valence-electron chi connectivity index (χ3n) is 4.44. The van der Waals surface area contributed by atoms with Crippen molar-refractivity contribution >= 4 is 34.1 Å². The van der Waals surface area contributed by atoms with Crippen LogP contribution in [0.15, 0.2) is 29.4 Å². The molecule has 1 atom stereocenters. The fourth-order valence-electron chi connectivity index (χ4n) is 2.73. The van der Waals surface area contributed by atoms with E-state index in [2.05, 4.69) is 51.7 Å². The molecule has 30 heavy (non-hydrogen) atoms. The van der Waals surface area contributed by atoms with Crippen LogP contribution in [0.4, 0.5) is 5.13 Å². The standard InChI is InChI=1S/C20H26N6O2S2/c1-6-17-22-24-19(30-17)21-16(27)11-29-20-25-23-18(26(20)5)13(4)28-15-9-7-14(8-10-15)12(2)3/h7-10,12-13H,6,11H2,1-5H3,(H,21,24,27). The zero-order valence-electron chi connectivity index (χ0n) is 17.7. The number of anilines is 1. The molecule has 0 spiro atoms. The first-order chi connectivity index (χ1) is 14.4. The first kappa shape index (κ1) is 22.2. The maximum atomic E-state index is 12.2. The number of ether oxygens (including phenoxy) is 1. The highest BCUT2D eigenvalue weighted by Crippen LogP contribution is 2.25. The van der Waals surface area contributed by atoms with Crippen LogP contribution in [0.3, 0.4) is 0 Å². The molecular weight excluding hydrogens is 420 g/mol. The molecule has 0 aliphatic rings. The quantitative estimate of drug-likeness (QED) is 0.492. The van der Waals surface area contributed by atoms with E-state index in [0.29, 0.717) is 22.0 Å². The number of aromatic nitrogens is 5. The largest absolute Gasteiger partial charge is 0.483 e. The number of rotatable bonds is 9. The van der Waals surface area contributed by atoms with Crippen molar-refractivity contribution in [2.24, 2.45) is 7.05 Å². The SMILES string of the molecule is CCc1nnc(NC(=O)CSc2nnc(C(C)Oc3ccc(C(C)C)cc3)n2C)s1. The summed E-state index contributed by atoms with van der Waals surface area (Å²) in [4.78, 5) is 12.2. The molecule has 1 aromatic carbocycles. The monoisotopic (exact) mass is 446 g/mol. The van der Waals surface area contributed by atoms with Gasteiger partial charge < -0.3 is 9.30 Å². The van der Waals surface area contributed by atoms with E-state index in [1.54, 1.807) is 0 Å². The second-order valence-electron chi connectivity index (χ2n) is 7.07. The molecule has 1 amide bonds. The van der Waals surface area contributed by atoms with Gasteiger partial charge in [-0.2, -0.15) is 0 Å². The zero-order valence-corrected chi connectivity index (χ0v) is 19.4. The Labute approximate surface area is 184 Å². The lowest BCUT2D eigenvalue weighted by molar-refractivity contribution is -0.113. The molecule has 1 N–H and O–H groups in total. The third kappa shape index (κ3) is 5.57. The molecule has 0 aliphatic carbocycles. The van der Waals surface area contributed by atoms with Crippen molar-refractivity contribution in [2.75, 3.05) is 11.1 Å². The second-order valence-corrected chi connectivity index (χ2v) is 9.08. The molecule has 3 aromatic rings. The Hall–Kier alpha value is -2.46. The van der Waals surface area contributed by atoms with Crippen molar-refractivity contribution in [3.8, 4) is 5.75 Å². The van der Waals surface area contributed by atoms with E-state index in [1.807, 2.05) is 37.6 Å². The topological polar surface area (TPSA) is 94.8 Å². The lowest BCUT2D eigenvalue weighted by Gasteiger charge is -2.15. The van der Waals surface area contributed by atoms with Crippen molar-refractivity contribution in [1.29, 1.82) is 0 Å². The predicted molar refractivity (Wildman–Crippen MR) is 119 cm³/mol. The van der Waals surface area contributed by atoms with Gasteiger partial charge >= 0.3 is 0 Å². The van der Waals surface area contributed by atoms with Crippen LogP contribution in [0.25, 0.3) is 0 Å². The van der Waals surface area contributed by atoms with Crippen LogP contribution in [0.1, 0.15) is 56.1 Å². The summed E-state index contributed by atoms with van der Waals surface area (Å²) in [5.41, 5.74) is 1.27. The van der Waals surface area contributed by atoms with E-state index in [4.69, 9.17) is 4.74 Å². The van der Waals surface area contributed by atoms with Crippen molar-refractivity contribution < 1.29 is 9.53 Å². The number of carbonyl (C=O) groups excluding carboxylic acids is 1. The maximum absolute atomic E-state index is 12.2. The molecule has 0 saturated carbocycles. The Balaban J connectivity index is 1.56. The normalized spacial score (nSPS) is 12.2. The molecule has 1 unspecified atom stereocenters. The summed E-state index contributed by atoms with van der Waals surface area (Å²) in [6, 6.07) is 8.09. The van der Waals surface area contributed by atoms with Gasteiger partial charge in [0.05, 0.1) is 5.75 Å². The Morgan fingerprint density at radius 3 is 2.53 bits per heavy atom. The molecule has 2 aromatic heterocycles. The number of nitrogens with one attached hydrogen (secondary N) is 1. The van der Waals surface area contributed by atoms with Crippen molar-refractivity contribution in [3.63, 3.8) is 0 Å². The van der Waals surface area contributed by atoms with Gasteiger partial charge in [-0.25, -0.2) is 0 Å². The smallest absolute Gasteiger partial charge is 0.236 e. The number of thioether (sulfide) groups is 1. The Morgan fingerprint density at radius 1 is 1.17 bits per heavy atom. The average Bonchev–Trinajstić information content (AvgIpc) is 3.33. The Morgan fingerprint density at radius 2 is 1.90 bits per heavy atom. The minimum Gasteiger partial charge on any atom is -0.483 e. The number of carbonyl (C=O) groups is 1. The lowest BCUT2D eigenvalue weighted by Crippen LogP contribution is -2.14. The molecule has 0 saturated heterocycles. The van der Waals surface area contributed by atoms with Crippen molar-refractivity contribution in [1.82, 2.24) is 25.0 Å². The molecule has 3 rings (SSSR count). The van der Waals surface area contributed by atoms with Crippen LogP contribution in [-0.2, 0) is 18.3 Å². The van der Waals surface area contributed by atoms with Crippen molar-refractivity contribution in [2.45, 2.75) is 51.3 Å². The zero-order chi connectivity index (χ0) is 21.7. The third-order valence-corrected chi connectivity index (χ3v) is 6.44. The van der Waals surface area contributed by atoms with Gasteiger partial charge in [0, 0.05) is 7.05 Å². The lowest BCUT2D eigenvalue weighted by atomic mass is 10.0. The second kappa shape index (κ2) is 10.0. The van der Waals surface area contributed by atoms with Gasteiger partial charge in [-0.1, -0.05) is 56.0 Å². The Bertz CT molecular complexity index is 984.